The molecule has 0 saturated carbocycles. The van der Waals surface area contributed by atoms with Crippen molar-refractivity contribution in [2.45, 2.75) is 18.4 Å². The van der Waals surface area contributed by atoms with Gasteiger partial charge in [0.15, 0.2) is 0 Å². The average molecular weight is 190 g/mol. The van der Waals surface area contributed by atoms with Crippen molar-refractivity contribution >= 4 is 5.97 Å². The lowest BCUT2D eigenvalue weighted by atomic mass is 9.90. The zero-order valence-electron chi connectivity index (χ0n) is 7.60. The van der Waals surface area contributed by atoms with Crippen LogP contribution in [0.4, 0.5) is 0 Å². The summed E-state index contributed by atoms with van der Waals surface area (Å²) >= 11 is 0. The van der Waals surface area contributed by atoms with Crippen molar-refractivity contribution in [1.82, 2.24) is 0 Å². The van der Waals surface area contributed by atoms with Gasteiger partial charge in [0.05, 0.1) is 6.42 Å². The van der Waals surface area contributed by atoms with E-state index in [2.05, 4.69) is 0 Å². The summed E-state index contributed by atoms with van der Waals surface area (Å²) in [6.07, 6.45) is 0.419. The number of carbonyl (C=O) groups is 1. The molecule has 0 bridgehead atoms. The molecular formula is C11H10O3. The Bertz CT molecular complexity index is 386. The predicted octanol–water partition coefficient (Wildman–Crippen LogP) is 1.48. The second-order valence-corrected chi connectivity index (χ2v) is 3.69. The van der Waals surface area contributed by atoms with Gasteiger partial charge in [-0.2, -0.15) is 0 Å². The van der Waals surface area contributed by atoms with Crippen LogP contribution in [0.25, 0.3) is 0 Å². The smallest absolute Gasteiger partial charge is 0.306 e. The third-order valence-electron chi connectivity index (χ3n) is 2.84. The Balaban J connectivity index is 2.05. The van der Waals surface area contributed by atoms with Gasteiger partial charge in [0, 0.05) is 11.5 Å². The van der Waals surface area contributed by atoms with Crippen LogP contribution in [-0.4, -0.2) is 18.7 Å². The van der Waals surface area contributed by atoms with Gasteiger partial charge >= 0.3 is 5.97 Å². The maximum absolute atomic E-state index is 11.1. The Kier molecular flexibility index (Phi) is 1.54. The first kappa shape index (κ1) is 7.85. The lowest BCUT2D eigenvalue weighted by Gasteiger charge is -2.26. The molecule has 1 aromatic carbocycles. The van der Waals surface area contributed by atoms with Gasteiger partial charge in [-0.15, -0.1) is 0 Å². The highest BCUT2D eigenvalue weighted by Gasteiger charge is 2.40. The molecule has 2 aliphatic rings. The van der Waals surface area contributed by atoms with Crippen molar-refractivity contribution in [3.05, 3.63) is 29.8 Å². The number of esters is 1. The topological polar surface area (TPSA) is 35.5 Å². The van der Waals surface area contributed by atoms with E-state index in [1.54, 1.807) is 0 Å². The SMILES string of the molecule is O=C1CC2c3ccccc3OCC2O1. The fourth-order valence-electron chi connectivity index (χ4n) is 2.16. The number of fused-ring (bicyclic) bond motifs is 3. The quantitative estimate of drug-likeness (QED) is 0.581. The van der Waals surface area contributed by atoms with Crippen molar-refractivity contribution in [2.24, 2.45) is 0 Å². The van der Waals surface area contributed by atoms with Crippen LogP contribution in [0.3, 0.4) is 0 Å². The molecule has 2 atom stereocenters. The fourth-order valence-corrected chi connectivity index (χ4v) is 2.16. The van der Waals surface area contributed by atoms with Gasteiger partial charge in [0.2, 0.25) is 0 Å². The molecule has 14 heavy (non-hydrogen) atoms. The summed E-state index contributed by atoms with van der Waals surface area (Å²) in [5.74, 6) is 0.986. The van der Waals surface area contributed by atoms with Crippen molar-refractivity contribution in [3.63, 3.8) is 0 Å². The molecular weight excluding hydrogens is 180 g/mol. The molecule has 2 heterocycles. The van der Waals surface area contributed by atoms with Crippen molar-refractivity contribution in [2.75, 3.05) is 6.61 Å². The molecule has 1 fully saturated rings. The minimum atomic E-state index is -0.111. The summed E-state index contributed by atoms with van der Waals surface area (Å²) in [5, 5.41) is 0. The fraction of sp³-hybridized carbons (Fsp3) is 0.364. The maximum atomic E-state index is 11.1. The Hall–Kier alpha value is -1.51. The van der Waals surface area contributed by atoms with E-state index in [0.29, 0.717) is 13.0 Å². The maximum Gasteiger partial charge on any atom is 0.306 e. The van der Waals surface area contributed by atoms with E-state index < -0.39 is 0 Å². The van der Waals surface area contributed by atoms with Crippen LogP contribution in [0.15, 0.2) is 24.3 Å². The van der Waals surface area contributed by atoms with Gasteiger partial charge in [-0.1, -0.05) is 18.2 Å². The molecule has 0 aliphatic carbocycles. The molecule has 2 unspecified atom stereocenters. The highest BCUT2D eigenvalue weighted by molar-refractivity contribution is 5.74. The molecule has 1 aromatic rings. The molecule has 2 aliphatic heterocycles. The van der Waals surface area contributed by atoms with Gasteiger partial charge in [0.1, 0.15) is 18.5 Å². The molecule has 3 rings (SSSR count). The van der Waals surface area contributed by atoms with Crippen LogP contribution in [-0.2, 0) is 9.53 Å². The first-order valence-corrected chi connectivity index (χ1v) is 4.76. The average Bonchev–Trinajstić information content (AvgIpc) is 2.59. The van der Waals surface area contributed by atoms with E-state index in [9.17, 15) is 4.79 Å². The number of hydrogen-bond acceptors (Lipinski definition) is 3. The number of benzene rings is 1. The van der Waals surface area contributed by atoms with Crippen LogP contribution in [0.1, 0.15) is 17.9 Å². The highest BCUT2D eigenvalue weighted by atomic mass is 16.6. The summed E-state index contributed by atoms with van der Waals surface area (Å²) in [4.78, 5) is 11.1. The molecule has 0 spiro atoms. The Morgan fingerprint density at radius 2 is 2.14 bits per heavy atom. The molecule has 0 N–H and O–H groups in total. The number of hydrogen-bond donors (Lipinski definition) is 0. The Morgan fingerprint density at radius 3 is 3.07 bits per heavy atom. The van der Waals surface area contributed by atoms with Gasteiger partial charge in [-0.25, -0.2) is 0 Å². The van der Waals surface area contributed by atoms with E-state index in [1.165, 1.54) is 0 Å². The molecule has 3 nitrogen and oxygen atoms in total. The van der Waals surface area contributed by atoms with Gasteiger partial charge < -0.3 is 9.47 Å². The van der Waals surface area contributed by atoms with E-state index in [1.807, 2.05) is 24.3 Å². The van der Waals surface area contributed by atoms with Crippen LogP contribution >= 0.6 is 0 Å². The normalized spacial score (nSPS) is 28.7. The lowest BCUT2D eigenvalue weighted by Crippen LogP contribution is -2.28. The minimum absolute atomic E-state index is 0.0719. The van der Waals surface area contributed by atoms with Crippen LogP contribution in [0.5, 0.6) is 5.75 Å². The summed E-state index contributed by atoms with van der Waals surface area (Å²) in [5.41, 5.74) is 1.11. The van der Waals surface area contributed by atoms with E-state index in [0.717, 1.165) is 11.3 Å². The number of rotatable bonds is 0. The molecule has 0 amide bonds. The summed E-state index contributed by atoms with van der Waals surface area (Å²) < 4.78 is 10.7. The van der Waals surface area contributed by atoms with Crippen LogP contribution in [0.2, 0.25) is 0 Å². The lowest BCUT2D eigenvalue weighted by molar-refractivity contribution is -0.142. The van der Waals surface area contributed by atoms with E-state index in [-0.39, 0.29) is 18.0 Å². The Morgan fingerprint density at radius 1 is 1.29 bits per heavy atom. The van der Waals surface area contributed by atoms with Crippen molar-refractivity contribution < 1.29 is 14.3 Å². The third-order valence-corrected chi connectivity index (χ3v) is 2.84. The van der Waals surface area contributed by atoms with Crippen molar-refractivity contribution in [3.8, 4) is 5.75 Å². The van der Waals surface area contributed by atoms with Gasteiger partial charge in [0.25, 0.3) is 0 Å². The minimum Gasteiger partial charge on any atom is -0.489 e. The first-order valence-electron chi connectivity index (χ1n) is 4.76. The van der Waals surface area contributed by atoms with Gasteiger partial charge in [-0.05, 0) is 6.07 Å². The first-order chi connectivity index (χ1) is 6.84. The van der Waals surface area contributed by atoms with Gasteiger partial charge in [-0.3, -0.25) is 4.79 Å². The van der Waals surface area contributed by atoms with Crippen LogP contribution in [0, 0.1) is 0 Å². The summed E-state index contributed by atoms with van der Waals surface area (Å²) in [7, 11) is 0. The molecule has 3 heteroatoms. The molecule has 1 saturated heterocycles. The summed E-state index contributed by atoms with van der Waals surface area (Å²) in [6, 6.07) is 7.85. The molecule has 0 radical (unpaired) electrons. The Labute approximate surface area is 81.6 Å². The second kappa shape index (κ2) is 2.74. The second-order valence-electron chi connectivity index (χ2n) is 3.69. The monoisotopic (exact) mass is 190 g/mol. The zero-order valence-corrected chi connectivity index (χ0v) is 7.60. The van der Waals surface area contributed by atoms with E-state index >= 15 is 0 Å². The largest absolute Gasteiger partial charge is 0.489 e. The number of carbonyl (C=O) groups excluding carboxylic acids is 1. The molecule has 72 valence electrons. The zero-order chi connectivity index (χ0) is 9.54. The third kappa shape index (κ3) is 1.02. The molecule has 0 aromatic heterocycles. The standard InChI is InChI=1S/C11H10O3/c12-11-5-8-7-3-1-2-4-9(7)13-6-10(8)14-11/h1-4,8,10H,5-6H2. The number of ether oxygens (including phenoxy) is 2. The highest BCUT2D eigenvalue weighted by Crippen LogP contribution is 2.40. The predicted molar refractivity (Wildman–Crippen MR) is 49.2 cm³/mol. The van der Waals surface area contributed by atoms with Crippen LogP contribution < -0.4 is 4.74 Å². The van der Waals surface area contributed by atoms with Crippen molar-refractivity contribution in [1.29, 1.82) is 0 Å². The summed E-state index contributed by atoms with van der Waals surface area (Å²) in [6.45, 7) is 0.493. The van der Waals surface area contributed by atoms with E-state index in [4.69, 9.17) is 9.47 Å². The number of para-hydroxylation sites is 1.